The van der Waals surface area contributed by atoms with Crippen molar-refractivity contribution in [2.24, 2.45) is 0 Å². The van der Waals surface area contributed by atoms with Gasteiger partial charge in [-0.05, 0) is 47.2 Å². The van der Waals surface area contributed by atoms with Crippen LogP contribution in [0.4, 0.5) is 0 Å². The number of nitrogens with one attached hydrogen (secondary N) is 2. The maximum Gasteiger partial charge on any atom is 0.248 e. The number of benzene rings is 2. The Kier molecular flexibility index (Phi) is 25.4. The van der Waals surface area contributed by atoms with Crippen LogP contribution in [0.3, 0.4) is 0 Å². The molecule has 0 fully saturated rings. The van der Waals surface area contributed by atoms with E-state index in [0.717, 1.165) is 10.8 Å². The first kappa shape index (κ1) is 50.0. The second-order valence-corrected chi connectivity index (χ2v) is 11.6. The fourth-order valence-corrected chi connectivity index (χ4v) is 4.29. The number of rotatable bonds is 22. The topological polar surface area (TPSA) is 241 Å². The molecule has 0 saturated carbocycles. The molecule has 0 aliphatic rings. The van der Waals surface area contributed by atoms with Gasteiger partial charge in [-0.2, -0.15) is 0 Å². The van der Waals surface area contributed by atoms with Gasteiger partial charge in [0.1, 0.15) is 36.9 Å². The zero-order valence-electron chi connectivity index (χ0n) is 31.3. The van der Waals surface area contributed by atoms with Gasteiger partial charge in [0.15, 0.2) is 0 Å². The second kappa shape index (κ2) is 28.5. The van der Waals surface area contributed by atoms with Crippen molar-refractivity contribution < 1.29 is 63.4 Å². The van der Waals surface area contributed by atoms with Gasteiger partial charge in [0, 0.05) is 50.7 Å². The Balaban J connectivity index is 0.000000880. The molecule has 0 radical (unpaired) electrons. The van der Waals surface area contributed by atoms with Crippen LogP contribution in [0.5, 0.6) is 11.5 Å². The van der Waals surface area contributed by atoms with Crippen molar-refractivity contribution in [2.75, 3.05) is 66.1 Å². The van der Waals surface area contributed by atoms with Gasteiger partial charge in [0.2, 0.25) is 11.1 Å². The summed E-state index contributed by atoms with van der Waals surface area (Å²) in [4.78, 5) is 28.0. The molecule has 0 bridgehead atoms. The summed E-state index contributed by atoms with van der Waals surface area (Å²) in [6, 6.07) is 16.9. The second-order valence-electron chi connectivity index (χ2n) is 11.6. The summed E-state index contributed by atoms with van der Waals surface area (Å²) in [6.45, 7) is 0.731. The molecule has 4 atom stereocenters. The fraction of sp³-hybridized carbons (Fsp3) is 0.405. The van der Waals surface area contributed by atoms with E-state index in [-0.39, 0.29) is 77.2 Å². The molecule has 4 unspecified atom stereocenters. The average molecular weight is 1300 g/mol. The number of ether oxygens (including phenoxy) is 8. The molecule has 19 heteroatoms. The summed E-state index contributed by atoms with van der Waals surface area (Å²) in [5.41, 5.74) is 0.954. The monoisotopic (exact) mass is 1300 g/mol. The largest absolute Gasteiger partial charge is 0.553 e. The molecule has 2 aromatic carbocycles. The quantitative estimate of drug-likeness (QED) is 0.0541. The van der Waals surface area contributed by atoms with Crippen molar-refractivity contribution >= 4 is 21.8 Å². The molecule has 56 heavy (non-hydrogen) atoms. The van der Waals surface area contributed by atoms with E-state index < -0.39 is 30.5 Å². The first-order valence-corrected chi connectivity index (χ1v) is 16.5. The molecule has 7 N–H and O–H groups in total. The van der Waals surface area contributed by atoms with Crippen LogP contribution in [0.2, 0.25) is 0 Å². The maximum absolute atomic E-state index is 11.3. The molecule has 2 heterocycles. The summed E-state index contributed by atoms with van der Waals surface area (Å²) < 4.78 is 39.0. The average Bonchev–Trinajstić information content (AvgIpc) is 3.14. The zero-order chi connectivity index (χ0) is 39.7. The van der Waals surface area contributed by atoms with Gasteiger partial charge in [0.25, 0.3) is 0 Å². The van der Waals surface area contributed by atoms with Crippen LogP contribution >= 0.6 is 0 Å². The van der Waals surface area contributed by atoms with Crippen LogP contribution in [-0.4, -0.2) is 132 Å². The number of aliphatic hydroxyl groups is 5. The molecule has 0 saturated heterocycles. The Bertz CT molecular complexity index is 1590. The molecule has 0 spiro atoms. The molecular weight excluding hydrogens is 1250 g/mol. The summed E-state index contributed by atoms with van der Waals surface area (Å²) in [6.07, 6.45) is -3.84. The van der Waals surface area contributed by atoms with Gasteiger partial charge in [-0.3, -0.25) is 9.59 Å². The molecule has 4 aromatic rings. The van der Waals surface area contributed by atoms with Gasteiger partial charge >= 0.3 is 0 Å². The minimum Gasteiger partial charge on any atom is -0.553 e. The Hall–Kier alpha value is -5.98. The number of fused-ring (bicyclic) bond motifs is 2. The van der Waals surface area contributed by atoms with E-state index in [9.17, 15) is 30.0 Å². The van der Waals surface area contributed by atoms with Crippen LogP contribution in [0.25, 0.3) is 21.8 Å². The van der Waals surface area contributed by atoms with E-state index in [4.69, 9.17) is 24.1 Å². The number of aliphatic hydroxyl groups excluding tert-OH is 5. The van der Waals surface area contributed by atoms with Crippen LogP contribution in [0.15, 0.2) is 70.3 Å². The minimum absolute atomic E-state index is 0. The Morgan fingerprint density at radius 3 is 1.05 bits per heavy atom. The van der Waals surface area contributed by atoms with E-state index in [0.29, 0.717) is 22.5 Å². The maximum atomic E-state index is 11.3. The standard InChI is InChI=1S/2C16H20NO6.C5H10O3.2Rf/c2*1-21-7-12(18)8-22-9-13(19)10-23-14-4-2-11-3-5-16(20)17-15(11)6-14;1-7-3-5(6)4-8-2;;/h2*2-6,12-13,18-19H,1,7-10H2,(H,17,20);5-6H,1-4H2;;/q2*-1;-2;;. The predicted molar refractivity (Wildman–Crippen MR) is 197 cm³/mol. The van der Waals surface area contributed by atoms with Crippen LogP contribution in [0, 0.1) is 28.4 Å². The summed E-state index contributed by atoms with van der Waals surface area (Å²) in [7, 11) is 12.4. The number of hydrogen-bond acceptors (Lipinski definition) is 15. The third kappa shape index (κ3) is 20.5. The van der Waals surface area contributed by atoms with Crippen molar-refractivity contribution in [3.63, 3.8) is 0 Å². The molecule has 306 valence electrons. The van der Waals surface area contributed by atoms with Gasteiger partial charge < -0.3 is 73.4 Å². The molecule has 0 aliphatic heterocycles. The summed E-state index contributed by atoms with van der Waals surface area (Å²) >= 11 is 0. The van der Waals surface area contributed by atoms with Gasteiger partial charge in [0.05, 0.1) is 55.8 Å². The van der Waals surface area contributed by atoms with E-state index in [2.05, 4.69) is 57.4 Å². The molecule has 0 amide bonds. The Morgan fingerprint density at radius 1 is 0.446 bits per heavy atom. The van der Waals surface area contributed by atoms with Crippen molar-refractivity contribution in [3.05, 3.63) is 110 Å². The van der Waals surface area contributed by atoms with Crippen molar-refractivity contribution in [2.45, 2.75) is 30.5 Å². The summed E-state index contributed by atoms with van der Waals surface area (Å²) in [5.74, 6) is 1.06. The molecule has 2 aromatic heterocycles. The van der Waals surface area contributed by atoms with Gasteiger partial charge in [-0.1, -0.05) is 0 Å². The van der Waals surface area contributed by atoms with E-state index in [1.807, 2.05) is 12.1 Å². The molecule has 0 aliphatic carbocycles. The van der Waals surface area contributed by atoms with E-state index in [1.54, 1.807) is 36.4 Å². The van der Waals surface area contributed by atoms with E-state index >= 15 is 0 Å². The van der Waals surface area contributed by atoms with Crippen molar-refractivity contribution in [3.8, 4) is 11.5 Å². The van der Waals surface area contributed by atoms with Crippen LogP contribution < -0.4 is 20.6 Å². The zero-order valence-corrected chi connectivity index (χ0v) is 44.1. The van der Waals surface area contributed by atoms with Gasteiger partial charge in [-0.25, -0.2) is 28.4 Å². The third-order valence-corrected chi connectivity index (χ3v) is 6.76. The molecule has 4 rings (SSSR count). The molecular formula is C37H50N2O15Rf2-4. The van der Waals surface area contributed by atoms with Crippen LogP contribution in [0.1, 0.15) is 0 Å². The normalized spacial score (nSPS) is 12.9. The van der Waals surface area contributed by atoms with Crippen molar-refractivity contribution in [1.29, 1.82) is 0 Å². The summed E-state index contributed by atoms with van der Waals surface area (Å²) in [5, 5.41) is 48.8. The molecule has 17 nitrogen and oxygen atoms in total. The number of hydrogen-bond donors (Lipinski definition) is 7. The van der Waals surface area contributed by atoms with Gasteiger partial charge in [-0.15, -0.1) is 0 Å². The van der Waals surface area contributed by atoms with Crippen molar-refractivity contribution in [1.82, 2.24) is 9.97 Å². The first-order valence-electron chi connectivity index (χ1n) is 16.5. The third-order valence-electron chi connectivity index (χ3n) is 6.76. The predicted octanol–water partition coefficient (Wildman–Crippen LogP) is 0.871. The Morgan fingerprint density at radius 2 is 0.732 bits per heavy atom. The number of H-pyrrole nitrogens is 2. The number of aromatic amines is 2. The number of aromatic nitrogens is 2. The fourth-order valence-electron chi connectivity index (χ4n) is 4.29. The minimum atomic E-state index is -0.839. The Labute approximate surface area is 312 Å². The van der Waals surface area contributed by atoms with Crippen LogP contribution in [-0.2, 0) is 28.4 Å². The SMILES string of the molecule is [CH2-]OCC(O)COCC(O)COc1ccc2ccc(=O)[nH]c2c1.[CH2-]OCC(O)COCC(O)COc1ccc2ccc(=O)[nH]c2c1.[CH2-]OCC(O)CO[CH2-].[Rf].[Rf]. The van der Waals surface area contributed by atoms with E-state index in [1.165, 1.54) is 12.1 Å². The smallest absolute Gasteiger partial charge is 0.248 e. The first-order chi connectivity index (χ1) is 26.0. The number of pyridine rings is 2.